The van der Waals surface area contributed by atoms with Crippen LogP contribution in [0.5, 0.6) is 0 Å². The van der Waals surface area contributed by atoms with Crippen LogP contribution in [0.4, 0.5) is 5.69 Å². The fraction of sp³-hybridized carbons (Fsp3) is 0.200. The zero-order chi connectivity index (χ0) is 20.1. The molecule has 0 unspecified atom stereocenters. The third-order valence-electron chi connectivity index (χ3n) is 3.89. The number of amides is 1. The lowest BCUT2D eigenvalue weighted by Crippen LogP contribution is -2.21. The Labute approximate surface area is 171 Å². The van der Waals surface area contributed by atoms with E-state index in [1.54, 1.807) is 30.3 Å². The Kier molecular flexibility index (Phi) is 6.57. The number of esters is 1. The first-order valence-corrected chi connectivity index (χ1v) is 9.26. The standard InChI is InChI=1S/C20H17Cl2NO5/c1-2-26-10-13-12-6-3-4-9-16(12)28-19(13)20(25)27-11-17(24)23-15-8-5-7-14(21)18(15)22/h3-9H,2,10-11H2,1H3,(H,23,24). The molecule has 1 heterocycles. The monoisotopic (exact) mass is 421 g/mol. The van der Waals surface area contributed by atoms with Crippen LogP contribution in [0.15, 0.2) is 46.9 Å². The fourth-order valence-corrected chi connectivity index (χ4v) is 2.94. The molecule has 1 amide bonds. The third-order valence-corrected chi connectivity index (χ3v) is 4.71. The molecule has 0 atom stereocenters. The predicted octanol–water partition coefficient (Wildman–Crippen LogP) is 5.07. The molecule has 1 N–H and O–H groups in total. The Bertz CT molecular complexity index is 1010. The van der Waals surface area contributed by atoms with Gasteiger partial charge in [0.25, 0.3) is 5.91 Å². The van der Waals surface area contributed by atoms with Gasteiger partial charge in [0.2, 0.25) is 5.76 Å². The van der Waals surface area contributed by atoms with Gasteiger partial charge in [0, 0.05) is 17.6 Å². The van der Waals surface area contributed by atoms with Crippen LogP contribution >= 0.6 is 23.2 Å². The minimum Gasteiger partial charge on any atom is -0.450 e. The molecule has 1 aromatic heterocycles. The molecule has 8 heteroatoms. The van der Waals surface area contributed by atoms with Crippen LogP contribution in [0.3, 0.4) is 0 Å². The normalized spacial score (nSPS) is 10.8. The highest BCUT2D eigenvalue weighted by atomic mass is 35.5. The van der Waals surface area contributed by atoms with E-state index < -0.39 is 18.5 Å². The predicted molar refractivity (Wildman–Crippen MR) is 107 cm³/mol. The summed E-state index contributed by atoms with van der Waals surface area (Å²) in [5, 5.41) is 3.82. The minimum atomic E-state index is -0.752. The average molecular weight is 422 g/mol. The third kappa shape index (κ3) is 4.47. The van der Waals surface area contributed by atoms with Crippen molar-refractivity contribution < 1.29 is 23.5 Å². The van der Waals surface area contributed by atoms with Crippen molar-refractivity contribution in [2.24, 2.45) is 0 Å². The molecule has 3 aromatic rings. The number of hydrogen-bond donors (Lipinski definition) is 1. The fourth-order valence-electron chi connectivity index (χ4n) is 2.59. The van der Waals surface area contributed by atoms with Gasteiger partial charge < -0.3 is 19.2 Å². The van der Waals surface area contributed by atoms with Crippen LogP contribution in [-0.2, 0) is 20.9 Å². The molecule has 0 fully saturated rings. The van der Waals surface area contributed by atoms with E-state index in [-0.39, 0.29) is 17.4 Å². The maximum Gasteiger partial charge on any atom is 0.375 e. The molecule has 0 aliphatic heterocycles. The van der Waals surface area contributed by atoms with Gasteiger partial charge >= 0.3 is 5.97 Å². The Morgan fingerprint density at radius 1 is 1.11 bits per heavy atom. The van der Waals surface area contributed by atoms with Gasteiger partial charge in [-0.25, -0.2) is 4.79 Å². The maximum absolute atomic E-state index is 12.5. The summed E-state index contributed by atoms with van der Waals surface area (Å²) in [5.74, 6) is -1.29. The van der Waals surface area contributed by atoms with Crippen molar-refractivity contribution in [2.75, 3.05) is 18.5 Å². The van der Waals surface area contributed by atoms with E-state index in [0.29, 0.717) is 28.5 Å². The first-order valence-electron chi connectivity index (χ1n) is 8.50. The highest BCUT2D eigenvalue weighted by molar-refractivity contribution is 6.44. The smallest absolute Gasteiger partial charge is 0.375 e. The summed E-state index contributed by atoms with van der Waals surface area (Å²) in [7, 11) is 0. The van der Waals surface area contributed by atoms with Gasteiger partial charge in [-0.1, -0.05) is 47.5 Å². The molecule has 0 saturated carbocycles. The van der Waals surface area contributed by atoms with E-state index in [4.69, 9.17) is 37.1 Å². The zero-order valence-electron chi connectivity index (χ0n) is 15.0. The number of furan rings is 1. The van der Waals surface area contributed by atoms with Gasteiger partial charge in [0.15, 0.2) is 6.61 Å². The number of halogens is 2. The van der Waals surface area contributed by atoms with E-state index in [2.05, 4.69) is 5.32 Å². The molecule has 0 radical (unpaired) electrons. The number of hydrogen-bond acceptors (Lipinski definition) is 5. The van der Waals surface area contributed by atoms with E-state index >= 15 is 0 Å². The summed E-state index contributed by atoms with van der Waals surface area (Å²) in [6, 6.07) is 12.0. The summed E-state index contributed by atoms with van der Waals surface area (Å²) in [4.78, 5) is 24.6. The number of fused-ring (bicyclic) bond motifs is 1. The van der Waals surface area contributed by atoms with Crippen molar-refractivity contribution in [3.05, 3.63) is 63.8 Å². The molecular weight excluding hydrogens is 405 g/mol. The number of rotatable bonds is 7. The number of para-hydroxylation sites is 1. The van der Waals surface area contributed by atoms with Gasteiger partial charge in [-0.2, -0.15) is 0 Å². The Morgan fingerprint density at radius 2 is 1.89 bits per heavy atom. The van der Waals surface area contributed by atoms with Crippen LogP contribution in [0.25, 0.3) is 11.0 Å². The molecule has 0 spiro atoms. The first kappa shape index (κ1) is 20.2. The Hall–Kier alpha value is -2.54. The topological polar surface area (TPSA) is 77.8 Å². The highest BCUT2D eigenvalue weighted by Crippen LogP contribution is 2.30. The molecule has 3 rings (SSSR count). The van der Waals surface area contributed by atoms with E-state index in [9.17, 15) is 9.59 Å². The second-order valence-electron chi connectivity index (χ2n) is 5.77. The molecule has 0 aliphatic carbocycles. The second-order valence-corrected chi connectivity index (χ2v) is 6.55. The Morgan fingerprint density at radius 3 is 2.68 bits per heavy atom. The first-order chi connectivity index (χ1) is 13.5. The number of ether oxygens (including phenoxy) is 2. The summed E-state index contributed by atoms with van der Waals surface area (Å²) in [5.41, 5.74) is 1.45. The van der Waals surface area contributed by atoms with Gasteiger partial charge in [-0.05, 0) is 25.1 Å². The number of benzene rings is 2. The summed E-state index contributed by atoms with van der Waals surface area (Å²) >= 11 is 11.9. The van der Waals surface area contributed by atoms with Crippen LogP contribution in [-0.4, -0.2) is 25.1 Å². The van der Waals surface area contributed by atoms with Gasteiger partial charge in [-0.15, -0.1) is 0 Å². The maximum atomic E-state index is 12.5. The number of carbonyl (C=O) groups is 2. The van der Waals surface area contributed by atoms with Crippen molar-refractivity contribution in [1.82, 2.24) is 0 Å². The Balaban J connectivity index is 1.70. The number of nitrogens with one attached hydrogen (secondary N) is 1. The van der Waals surface area contributed by atoms with Crippen LogP contribution in [0.1, 0.15) is 23.0 Å². The molecule has 146 valence electrons. The number of anilines is 1. The van der Waals surface area contributed by atoms with Crippen molar-refractivity contribution in [3.63, 3.8) is 0 Å². The van der Waals surface area contributed by atoms with Crippen molar-refractivity contribution in [2.45, 2.75) is 13.5 Å². The zero-order valence-corrected chi connectivity index (χ0v) is 16.5. The summed E-state index contributed by atoms with van der Waals surface area (Å²) in [6.45, 7) is 2.03. The van der Waals surface area contributed by atoms with Crippen LogP contribution < -0.4 is 5.32 Å². The van der Waals surface area contributed by atoms with Crippen LogP contribution in [0.2, 0.25) is 10.0 Å². The minimum absolute atomic E-state index is 0.0169. The molecular formula is C20H17Cl2NO5. The molecule has 0 saturated heterocycles. The highest BCUT2D eigenvalue weighted by Gasteiger charge is 2.22. The van der Waals surface area contributed by atoms with E-state index in [0.717, 1.165) is 5.39 Å². The van der Waals surface area contributed by atoms with Gasteiger partial charge in [0.1, 0.15) is 5.58 Å². The summed E-state index contributed by atoms with van der Waals surface area (Å²) < 4.78 is 16.2. The van der Waals surface area contributed by atoms with Crippen LogP contribution in [0, 0.1) is 0 Å². The van der Waals surface area contributed by atoms with Crippen molar-refractivity contribution >= 4 is 51.7 Å². The van der Waals surface area contributed by atoms with Crippen molar-refractivity contribution in [3.8, 4) is 0 Å². The largest absolute Gasteiger partial charge is 0.450 e. The number of carbonyl (C=O) groups excluding carboxylic acids is 2. The molecule has 0 bridgehead atoms. The summed E-state index contributed by atoms with van der Waals surface area (Å²) in [6.07, 6.45) is 0. The lowest BCUT2D eigenvalue weighted by molar-refractivity contribution is -0.119. The lowest BCUT2D eigenvalue weighted by Gasteiger charge is -2.09. The van der Waals surface area contributed by atoms with Gasteiger partial charge in [-0.3, -0.25) is 4.79 Å². The van der Waals surface area contributed by atoms with E-state index in [1.807, 2.05) is 19.1 Å². The molecule has 2 aromatic carbocycles. The average Bonchev–Trinajstić information content (AvgIpc) is 3.06. The molecule has 28 heavy (non-hydrogen) atoms. The SMILES string of the molecule is CCOCc1c(C(=O)OCC(=O)Nc2cccc(Cl)c2Cl)oc2ccccc12. The lowest BCUT2D eigenvalue weighted by atomic mass is 10.1. The molecule has 6 nitrogen and oxygen atoms in total. The van der Waals surface area contributed by atoms with Gasteiger partial charge in [0.05, 0.1) is 22.3 Å². The quantitative estimate of drug-likeness (QED) is 0.538. The molecule has 0 aliphatic rings. The van der Waals surface area contributed by atoms with Crippen molar-refractivity contribution in [1.29, 1.82) is 0 Å². The van der Waals surface area contributed by atoms with E-state index in [1.165, 1.54) is 0 Å². The second kappa shape index (κ2) is 9.10.